The van der Waals surface area contributed by atoms with Crippen LogP contribution < -0.4 is 4.90 Å². The lowest BCUT2D eigenvalue weighted by molar-refractivity contribution is 0.586. The van der Waals surface area contributed by atoms with Crippen LogP contribution in [0.4, 0.5) is 5.69 Å². The second-order valence-corrected chi connectivity index (χ2v) is 5.94. The molecule has 1 heteroatoms. The summed E-state index contributed by atoms with van der Waals surface area (Å²) in [6, 6.07) is 6.95. The maximum Gasteiger partial charge on any atom is 0.0369 e. The van der Waals surface area contributed by atoms with Gasteiger partial charge in [0.1, 0.15) is 0 Å². The third kappa shape index (κ3) is 2.23. The van der Waals surface area contributed by atoms with E-state index in [0.29, 0.717) is 0 Å². The summed E-state index contributed by atoms with van der Waals surface area (Å²) in [7, 11) is 0. The minimum absolute atomic E-state index is 0.258. The zero-order chi connectivity index (χ0) is 11.8. The van der Waals surface area contributed by atoms with Crippen molar-refractivity contribution in [3.05, 3.63) is 29.3 Å². The Labute approximate surface area is 99.5 Å². The molecule has 1 nitrogen and oxygen atoms in total. The number of aryl methyl sites for hydroxylation is 1. The maximum absolute atomic E-state index is 2.50. The molecule has 0 spiro atoms. The molecule has 0 radical (unpaired) electrons. The lowest BCUT2D eigenvalue weighted by atomic mass is 9.84. The van der Waals surface area contributed by atoms with E-state index >= 15 is 0 Å². The second kappa shape index (κ2) is 4.12. The smallest absolute Gasteiger partial charge is 0.0369 e. The van der Waals surface area contributed by atoms with Crippen molar-refractivity contribution in [1.82, 2.24) is 0 Å². The summed E-state index contributed by atoms with van der Waals surface area (Å²) in [5.41, 5.74) is 4.56. The fraction of sp³-hybridized carbons (Fsp3) is 0.600. The normalized spacial score (nSPS) is 16.9. The van der Waals surface area contributed by atoms with Gasteiger partial charge in [-0.3, -0.25) is 0 Å². The van der Waals surface area contributed by atoms with Gasteiger partial charge in [0, 0.05) is 18.8 Å². The zero-order valence-electron chi connectivity index (χ0n) is 11.0. The van der Waals surface area contributed by atoms with Crippen LogP contribution in [0.15, 0.2) is 18.2 Å². The number of anilines is 1. The van der Waals surface area contributed by atoms with Crippen molar-refractivity contribution in [2.75, 3.05) is 18.0 Å². The Morgan fingerprint density at radius 1 is 1.06 bits per heavy atom. The third-order valence-corrected chi connectivity index (χ3v) is 3.49. The van der Waals surface area contributed by atoms with Crippen LogP contribution in [0.2, 0.25) is 0 Å². The van der Waals surface area contributed by atoms with Crippen molar-refractivity contribution in [3.8, 4) is 0 Å². The van der Waals surface area contributed by atoms with E-state index < -0.39 is 0 Å². The van der Waals surface area contributed by atoms with Gasteiger partial charge >= 0.3 is 0 Å². The van der Waals surface area contributed by atoms with Crippen LogP contribution in [-0.2, 0) is 5.41 Å². The van der Waals surface area contributed by atoms with Gasteiger partial charge < -0.3 is 4.90 Å². The van der Waals surface area contributed by atoms with E-state index in [1.54, 1.807) is 0 Å². The van der Waals surface area contributed by atoms with Gasteiger partial charge in [-0.25, -0.2) is 0 Å². The SMILES string of the molecule is Cc1cc(N2CCCC2)ccc1C(C)(C)C. The summed E-state index contributed by atoms with van der Waals surface area (Å²) < 4.78 is 0. The minimum atomic E-state index is 0.258. The number of hydrogen-bond donors (Lipinski definition) is 0. The molecule has 0 saturated carbocycles. The van der Waals surface area contributed by atoms with Crippen LogP contribution in [-0.4, -0.2) is 13.1 Å². The van der Waals surface area contributed by atoms with Crippen LogP contribution >= 0.6 is 0 Å². The van der Waals surface area contributed by atoms with Gasteiger partial charge in [0.2, 0.25) is 0 Å². The molecule has 1 aliphatic rings. The molecular weight excluding hydrogens is 194 g/mol. The van der Waals surface area contributed by atoms with Crippen molar-refractivity contribution < 1.29 is 0 Å². The molecular formula is C15H23N. The molecule has 0 atom stereocenters. The summed E-state index contributed by atoms with van der Waals surface area (Å²) in [6.07, 6.45) is 2.69. The quantitative estimate of drug-likeness (QED) is 0.689. The number of benzene rings is 1. The van der Waals surface area contributed by atoms with Crippen LogP contribution in [0, 0.1) is 6.92 Å². The van der Waals surface area contributed by atoms with Crippen LogP contribution in [0.5, 0.6) is 0 Å². The van der Waals surface area contributed by atoms with Gasteiger partial charge in [0.25, 0.3) is 0 Å². The molecule has 1 aromatic carbocycles. The topological polar surface area (TPSA) is 3.24 Å². The number of rotatable bonds is 1. The standard InChI is InChI=1S/C15H23N/c1-12-11-13(16-9-5-6-10-16)7-8-14(12)15(2,3)4/h7-8,11H,5-6,9-10H2,1-4H3. The van der Waals surface area contributed by atoms with E-state index in [2.05, 4.69) is 50.8 Å². The summed E-state index contributed by atoms with van der Waals surface area (Å²) >= 11 is 0. The van der Waals surface area contributed by atoms with E-state index in [-0.39, 0.29) is 5.41 Å². The Morgan fingerprint density at radius 2 is 1.69 bits per heavy atom. The highest BCUT2D eigenvalue weighted by molar-refractivity contribution is 5.52. The molecule has 1 saturated heterocycles. The summed E-state index contributed by atoms with van der Waals surface area (Å²) in [5.74, 6) is 0. The van der Waals surface area contributed by atoms with Gasteiger partial charge in [-0.2, -0.15) is 0 Å². The fourth-order valence-electron chi connectivity index (χ4n) is 2.66. The monoisotopic (exact) mass is 217 g/mol. The van der Waals surface area contributed by atoms with Crippen molar-refractivity contribution in [3.63, 3.8) is 0 Å². The molecule has 88 valence electrons. The largest absolute Gasteiger partial charge is 0.372 e. The highest BCUT2D eigenvalue weighted by Gasteiger charge is 2.18. The van der Waals surface area contributed by atoms with Crippen molar-refractivity contribution >= 4 is 5.69 Å². The van der Waals surface area contributed by atoms with Gasteiger partial charge in [-0.1, -0.05) is 26.8 Å². The average molecular weight is 217 g/mol. The van der Waals surface area contributed by atoms with Crippen LogP contribution in [0.25, 0.3) is 0 Å². The first-order valence-corrected chi connectivity index (χ1v) is 6.34. The van der Waals surface area contributed by atoms with Crippen LogP contribution in [0.3, 0.4) is 0 Å². The highest BCUT2D eigenvalue weighted by Crippen LogP contribution is 2.29. The Kier molecular flexibility index (Phi) is 2.96. The Hall–Kier alpha value is -0.980. The first-order valence-electron chi connectivity index (χ1n) is 6.34. The molecule has 0 N–H and O–H groups in total. The predicted octanol–water partition coefficient (Wildman–Crippen LogP) is 3.89. The molecule has 0 unspecified atom stereocenters. The maximum atomic E-state index is 2.50. The molecule has 16 heavy (non-hydrogen) atoms. The van der Waals surface area contributed by atoms with Crippen molar-refractivity contribution in [2.45, 2.75) is 46.0 Å². The van der Waals surface area contributed by atoms with Gasteiger partial charge in [-0.15, -0.1) is 0 Å². The van der Waals surface area contributed by atoms with E-state index in [0.717, 1.165) is 0 Å². The van der Waals surface area contributed by atoms with Crippen molar-refractivity contribution in [2.24, 2.45) is 0 Å². The molecule has 0 aromatic heterocycles. The number of hydrogen-bond acceptors (Lipinski definition) is 1. The summed E-state index contributed by atoms with van der Waals surface area (Å²) in [5, 5.41) is 0. The van der Waals surface area contributed by atoms with Gasteiger partial charge in [-0.05, 0) is 48.4 Å². The first kappa shape index (κ1) is 11.5. The molecule has 1 fully saturated rings. The first-order chi connectivity index (χ1) is 7.48. The molecule has 2 rings (SSSR count). The van der Waals surface area contributed by atoms with Crippen LogP contribution in [0.1, 0.15) is 44.7 Å². The zero-order valence-corrected chi connectivity index (χ0v) is 11.0. The molecule has 1 aromatic rings. The molecule has 0 aliphatic carbocycles. The summed E-state index contributed by atoms with van der Waals surface area (Å²) in [4.78, 5) is 2.50. The Bertz CT molecular complexity index is 368. The lowest BCUT2D eigenvalue weighted by Gasteiger charge is -2.24. The Morgan fingerprint density at radius 3 is 2.19 bits per heavy atom. The van der Waals surface area contributed by atoms with Gasteiger partial charge in [0.15, 0.2) is 0 Å². The molecule has 1 aliphatic heterocycles. The van der Waals surface area contributed by atoms with Gasteiger partial charge in [0.05, 0.1) is 0 Å². The summed E-state index contributed by atoms with van der Waals surface area (Å²) in [6.45, 7) is 11.5. The van der Waals surface area contributed by atoms with E-state index in [1.807, 2.05) is 0 Å². The van der Waals surface area contributed by atoms with Crippen molar-refractivity contribution in [1.29, 1.82) is 0 Å². The third-order valence-electron chi connectivity index (χ3n) is 3.49. The fourth-order valence-corrected chi connectivity index (χ4v) is 2.66. The van der Waals surface area contributed by atoms with E-state index in [1.165, 1.54) is 42.7 Å². The lowest BCUT2D eigenvalue weighted by Crippen LogP contribution is -2.19. The number of nitrogens with zero attached hydrogens (tertiary/aromatic N) is 1. The average Bonchev–Trinajstić information content (AvgIpc) is 2.68. The van der Waals surface area contributed by atoms with E-state index in [9.17, 15) is 0 Å². The molecule has 1 heterocycles. The highest BCUT2D eigenvalue weighted by atomic mass is 15.1. The minimum Gasteiger partial charge on any atom is -0.372 e. The Balaban J connectivity index is 2.29. The molecule has 0 bridgehead atoms. The second-order valence-electron chi connectivity index (χ2n) is 5.94. The predicted molar refractivity (Wildman–Crippen MR) is 71.3 cm³/mol. The molecule has 0 amide bonds. The van der Waals surface area contributed by atoms with E-state index in [4.69, 9.17) is 0 Å².